The Morgan fingerprint density at radius 1 is 1.20 bits per heavy atom. The Kier molecular flexibility index (Phi) is 6.29. The van der Waals surface area contributed by atoms with Gasteiger partial charge in [-0.1, -0.05) is 38.5 Å². The third-order valence-corrected chi connectivity index (χ3v) is 4.20. The van der Waals surface area contributed by atoms with Crippen molar-refractivity contribution in [2.24, 2.45) is 0 Å². The third-order valence-electron chi connectivity index (χ3n) is 4.20. The van der Waals surface area contributed by atoms with Gasteiger partial charge in [0.15, 0.2) is 0 Å². The van der Waals surface area contributed by atoms with E-state index >= 15 is 0 Å². The molecule has 0 radical (unpaired) electrons. The van der Waals surface area contributed by atoms with Crippen LogP contribution in [0.5, 0.6) is 5.75 Å². The summed E-state index contributed by atoms with van der Waals surface area (Å²) >= 11 is 0. The predicted molar refractivity (Wildman–Crippen MR) is 97.9 cm³/mol. The summed E-state index contributed by atoms with van der Waals surface area (Å²) in [7, 11) is 0. The summed E-state index contributed by atoms with van der Waals surface area (Å²) in [6.07, 6.45) is 9.17. The van der Waals surface area contributed by atoms with Crippen molar-refractivity contribution in [1.82, 2.24) is 4.98 Å². The van der Waals surface area contributed by atoms with Gasteiger partial charge in [0.25, 0.3) is 5.92 Å². The number of aromatic nitrogens is 1. The molecule has 1 N–H and O–H groups in total. The molecule has 0 atom stereocenters. The first-order valence-corrected chi connectivity index (χ1v) is 8.69. The molecule has 0 aliphatic heterocycles. The molecule has 2 nitrogen and oxygen atoms in total. The molecule has 134 valence electrons. The van der Waals surface area contributed by atoms with Crippen molar-refractivity contribution in [2.75, 3.05) is 0 Å². The zero-order chi connectivity index (χ0) is 18.4. The number of hydrogen-bond donors (Lipinski definition) is 1. The molecule has 0 unspecified atom stereocenters. The fourth-order valence-corrected chi connectivity index (χ4v) is 2.92. The van der Waals surface area contributed by atoms with Crippen molar-refractivity contribution in [3.63, 3.8) is 0 Å². The molecule has 2 rings (SSSR count). The van der Waals surface area contributed by atoms with Crippen LogP contribution in [0.4, 0.5) is 8.78 Å². The minimum atomic E-state index is -2.96. The van der Waals surface area contributed by atoms with E-state index in [2.05, 4.69) is 24.9 Å². The smallest absolute Gasteiger partial charge is 0.270 e. The minimum absolute atomic E-state index is 0.0988. The van der Waals surface area contributed by atoms with Crippen LogP contribution < -0.4 is 0 Å². The highest BCUT2D eigenvalue weighted by Crippen LogP contribution is 2.33. The average Bonchev–Trinajstić information content (AvgIpc) is 2.56. The van der Waals surface area contributed by atoms with Crippen molar-refractivity contribution in [2.45, 2.75) is 52.4 Å². The van der Waals surface area contributed by atoms with Crippen LogP contribution in [0, 0.1) is 0 Å². The highest BCUT2D eigenvalue weighted by Gasteiger charge is 2.25. The molecule has 0 bridgehead atoms. The molecule has 0 saturated heterocycles. The lowest BCUT2D eigenvalue weighted by Crippen LogP contribution is -2.07. The molecule has 0 aliphatic rings. The number of phenols is 1. The molecule has 25 heavy (non-hydrogen) atoms. The van der Waals surface area contributed by atoms with Gasteiger partial charge in [0.1, 0.15) is 5.75 Å². The van der Waals surface area contributed by atoms with E-state index in [1.165, 1.54) is 11.6 Å². The van der Waals surface area contributed by atoms with E-state index in [1.807, 2.05) is 12.3 Å². The Balaban J connectivity index is 2.37. The number of pyridine rings is 1. The quantitative estimate of drug-likeness (QED) is 0.659. The monoisotopic (exact) mass is 345 g/mol. The first-order valence-electron chi connectivity index (χ1n) is 8.69. The van der Waals surface area contributed by atoms with Gasteiger partial charge < -0.3 is 5.11 Å². The number of aromatic hydroxyl groups is 1. The largest absolute Gasteiger partial charge is 0.508 e. The topological polar surface area (TPSA) is 33.1 Å². The normalized spacial score (nSPS) is 12.4. The highest BCUT2D eigenvalue weighted by atomic mass is 19.3. The Morgan fingerprint density at radius 2 is 1.96 bits per heavy atom. The number of allylic oxidation sites excluding steroid dienone is 2. The van der Waals surface area contributed by atoms with Gasteiger partial charge in [0.2, 0.25) is 0 Å². The molecule has 0 spiro atoms. The Hall–Kier alpha value is -2.23. The van der Waals surface area contributed by atoms with Gasteiger partial charge in [-0.15, -0.1) is 0 Å². The number of rotatable bonds is 7. The zero-order valence-corrected chi connectivity index (χ0v) is 15.0. The van der Waals surface area contributed by atoms with E-state index in [-0.39, 0.29) is 11.3 Å². The second-order valence-electron chi connectivity index (χ2n) is 6.33. The van der Waals surface area contributed by atoms with E-state index in [0.717, 1.165) is 43.4 Å². The Morgan fingerprint density at radius 3 is 2.56 bits per heavy atom. The standard InChI is InChI=1S/C21H25F2NO/c1-4-6-15(7-5-2)19-14-24-11-10-16(19)12-17-8-9-18(13-20(17)25)21(3,22)23/h6,8-11,13-14,25H,4-5,7,12H2,1-3H3/b15-6-. The van der Waals surface area contributed by atoms with E-state index < -0.39 is 5.92 Å². The summed E-state index contributed by atoms with van der Waals surface area (Å²) in [5.41, 5.74) is 3.79. The first-order chi connectivity index (χ1) is 11.9. The number of phenolic OH excluding ortho intramolecular Hbond substituents is 1. The lowest BCUT2D eigenvalue weighted by molar-refractivity contribution is 0.0172. The number of alkyl halides is 2. The van der Waals surface area contributed by atoms with Gasteiger partial charge in [-0.05, 0) is 47.2 Å². The second-order valence-corrected chi connectivity index (χ2v) is 6.33. The van der Waals surface area contributed by atoms with Gasteiger partial charge >= 0.3 is 0 Å². The average molecular weight is 345 g/mol. The fraction of sp³-hybridized carbons (Fsp3) is 0.381. The Bertz CT molecular complexity index is 748. The van der Waals surface area contributed by atoms with Gasteiger partial charge in [-0.3, -0.25) is 4.98 Å². The van der Waals surface area contributed by atoms with Crippen molar-refractivity contribution in [3.05, 3.63) is 65.0 Å². The lowest BCUT2D eigenvalue weighted by Gasteiger charge is -2.15. The predicted octanol–water partition coefficient (Wildman–Crippen LogP) is 6.08. The van der Waals surface area contributed by atoms with E-state index in [4.69, 9.17) is 0 Å². The molecule has 0 aliphatic carbocycles. The lowest BCUT2D eigenvalue weighted by atomic mass is 9.93. The maximum Gasteiger partial charge on any atom is 0.270 e. The molecule has 0 saturated carbocycles. The van der Waals surface area contributed by atoms with E-state index in [1.54, 1.807) is 12.3 Å². The number of hydrogen-bond acceptors (Lipinski definition) is 2. The fourth-order valence-electron chi connectivity index (χ4n) is 2.92. The van der Waals surface area contributed by atoms with E-state index in [9.17, 15) is 13.9 Å². The van der Waals surface area contributed by atoms with Crippen LogP contribution in [0.15, 0.2) is 42.7 Å². The number of nitrogens with zero attached hydrogens (tertiary/aromatic N) is 1. The van der Waals surface area contributed by atoms with Crippen LogP contribution in [0.3, 0.4) is 0 Å². The Labute approximate surface area is 148 Å². The van der Waals surface area contributed by atoms with Gasteiger partial charge in [0, 0.05) is 31.3 Å². The van der Waals surface area contributed by atoms with Crippen molar-refractivity contribution >= 4 is 5.57 Å². The van der Waals surface area contributed by atoms with Gasteiger partial charge in [0.05, 0.1) is 0 Å². The van der Waals surface area contributed by atoms with Crippen LogP contribution in [-0.2, 0) is 12.3 Å². The summed E-state index contributed by atoms with van der Waals surface area (Å²) in [6.45, 7) is 5.06. The van der Waals surface area contributed by atoms with E-state index in [0.29, 0.717) is 12.0 Å². The third kappa shape index (κ3) is 4.88. The number of benzene rings is 1. The SMILES string of the molecule is CC/C=C(/CCC)c1cnccc1Cc1ccc(C(C)(F)F)cc1O. The first kappa shape index (κ1) is 19.1. The molecule has 1 aromatic carbocycles. The summed E-state index contributed by atoms with van der Waals surface area (Å²) in [5.74, 6) is -3.06. The molecule has 1 aromatic heterocycles. The van der Waals surface area contributed by atoms with Crippen molar-refractivity contribution in [1.29, 1.82) is 0 Å². The van der Waals surface area contributed by atoms with Crippen LogP contribution in [0.1, 0.15) is 62.3 Å². The molecular formula is C21H25F2NO. The number of halogens is 2. The maximum absolute atomic E-state index is 13.4. The highest BCUT2D eigenvalue weighted by molar-refractivity contribution is 5.68. The van der Waals surface area contributed by atoms with Crippen LogP contribution in [0.25, 0.3) is 5.57 Å². The summed E-state index contributed by atoms with van der Waals surface area (Å²) < 4.78 is 26.8. The summed E-state index contributed by atoms with van der Waals surface area (Å²) in [6, 6.07) is 6.04. The summed E-state index contributed by atoms with van der Waals surface area (Å²) in [5, 5.41) is 10.2. The zero-order valence-electron chi connectivity index (χ0n) is 15.0. The maximum atomic E-state index is 13.4. The molecular weight excluding hydrogens is 320 g/mol. The molecule has 4 heteroatoms. The van der Waals surface area contributed by atoms with Crippen LogP contribution >= 0.6 is 0 Å². The molecule has 1 heterocycles. The second kappa shape index (κ2) is 8.24. The molecule has 0 amide bonds. The van der Waals surface area contributed by atoms with Gasteiger partial charge in [-0.2, -0.15) is 0 Å². The minimum Gasteiger partial charge on any atom is -0.508 e. The molecule has 2 aromatic rings. The molecule has 0 fully saturated rings. The van der Waals surface area contributed by atoms with Crippen molar-refractivity contribution < 1.29 is 13.9 Å². The van der Waals surface area contributed by atoms with Crippen LogP contribution in [-0.4, -0.2) is 10.1 Å². The summed E-state index contributed by atoms with van der Waals surface area (Å²) in [4.78, 5) is 4.24. The van der Waals surface area contributed by atoms with Crippen molar-refractivity contribution in [3.8, 4) is 5.75 Å². The van der Waals surface area contributed by atoms with Gasteiger partial charge in [-0.25, -0.2) is 8.78 Å². The van der Waals surface area contributed by atoms with Crippen LogP contribution in [0.2, 0.25) is 0 Å².